The van der Waals surface area contributed by atoms with Crippen molar-refractivity contribution in [2.24, 2.45) is 5.41 Å². The van der Waals surface area contributed by atoms with E-state index in [1.165, 1.54) is 11.3 Å². The van der Waals surface area contributed by atoms with Crippen LogP contribution in [0.1, 0.15) is 42.9 Å². The van der Waals surface area contributed by atoms with Crippen LogP contribution in [0.3, 0.4) is 0 Å². The summed E-state index contributed by atoms with van der Waals surface area (Å²) in [6, 6.07) is 0. The molecule has 2 rings (SSSR count). The molecule has 0 aliphatic rings. The predicted octanol–water partition coefficient (Wildman–Crippen LogP) is 3.72. The number of likely N-dealkylation sites (N-methyl/N-ethyl adjacent to an activating group) is 1. The maximum Gasteiger partial charge on any atom is 0.261 e. The van der Waals surface area contributed by atoms with Crippen LogP contribution in [0, 0.1) is 12.3 Å². The largest absolute Gasteiger partial charge is 0.352 e. The molecular formula is C21H33N5OS. The highest BCUT2D eigenvalue weighted by atomic mass is 32.1. The number of aryl methyl sites for hydroxylation is 1. The molecule has 1 N–H and O–H groups in total. The normalized spacial score (nSPS) is 11.9. The Bertz CT molecular complexity index is 856. The van der Waals surface area contributed by atoms with Gasteiger partial charge in [-0.25, -0.2) is 9.97 Å². The number of nitrogens with zero attached hydrogens (tertiary/aromatic N) is 4. The molecule has 0 aliphatic heterocycles. The highest BCUT2D eigenvalue weighted by molar-refractivity contribution is 7.20. The number of rotatable bonds is 9. The number of aromatic nitrogens is 2. The topological polar surface area (TPSA) is 61.4 Å². The zero-order chi connectivity index (χ0) is 21.1. The molecule has 0 bridgehead atoms. The lowest BCUT2D eigenvalue weighted by molar-refractivity contribution is 0.0933. The van der Waals surface area contributed by atoms with Gasteiger partial charge in [-0.1, -0.05) is 26.0 Å². The van der Waals surface area contributed by atoms with Crippen molar-refractivity contribution in [3.8, 4) is 0 Å². The first-order valence-corrected chi connectivity index (χ1v) is 10.4. The third-order valence-corrected chi connectivity index (χ3v) is 5.73. The van der Waals surface area contributed by atoms with Crippen LogP contribution in [0.4, 0.5) is 5.82 Å². The van der Waals surface area contributed by atoms with Gasteiger partial charge in [0, 0.05) is 26.2 Å². The van der Waals surface area contributed by atoms with Crippen molar-refractivity contribution in [1.82, 2.24) is 20.2 Å². The maximum absolute atomic E-state index is 12.9. The highest BCUT2D eigenvalue weighted by Gasteiger charge is 2.24. The third-order valence-electron chi connectivity index (χ3n) is 4.53. The average molecular weight is 404 g/mol. The minimum atomic E-state index is -0.0405. The summed E-state index contributed by atoms with van der Waals surface area (Å²) < 4.78 is 0. The van der Waals surface area contributed by atoms with E-state index < -0.39 is 0 Å². The Morgan fingerprint density at radius 2 is 2.00 bits per heavy atom. The number of fused-ring (bicyclic) bond motifs is 1. The van der Waals surface area contributed by atoms with E-state index in [2.05, 4.69) is 52.4 Å². The number of hydrogen-bond donors (Lipinski definition) is 1. The van der Waals surface area contributed by atoms with E-state index in [4.69, 9.17) is 0 Å². The Labute approximate surface area is 172 Å². The van der Waals surface area contributed by atoms with Crippen molar-refractivity contribution in [3.63, 3.8) is 0 Å². The van der Waals surface area contributed by atoms with Gasteiger partial charge in [-0.2, -0.15) is 0 Å². The molecule has 0 saturated carbocycles. The molecule has 0 fully saturated rings. The number of carbonyl (C=O) groups excluding carboxylic acids is 1. The molecule has 2 aromatic heterocycles. The second-order valence-electron chi connectivity index (χ2n) is 8.49. The molecule has 0 saturated heterocycles. The van der Waals surface area contributed by atoms with Crippen LogP contribution in [0.5, 0.6) is 0 Å². The van der Waals surface area contributed by atoms with Crippen LogP contribution < -0.4 is 10.2 Å². The van der Waals surface area contributed by atoms with Crippen LogP contribution in [-0.2, 0) is 0 Å². The number of anilines is 1. The van der Waals surface area contributed by atoms with E-state index in [-0.39, 0.29) is 11.3 Å². The first-order valence-electron chi connectivity index (χ1n) is 9.62. The predicted molar refractivity (Wildman–Crippen MR) is 120 cm³/mol. The molecule has 0 unspecified atom stereocenters. The summed E-state index contributed by atoms with van der Waals surface area (Å²) >= 11 is 1.43. The van der Waals surface area contributed by atoms with Gasteiger partial charge < -0.3 is 15.1 Å². The van der Waals surface area contributed by atoms with Crippen LogP contribution >= 0.6 is 11.3 Å². The summed E-state index contributed by atoms with van der Waals surface area (Å²) in [5.41, 5.74) is 2.01. The molecule has 1 amide bonds. The second kappa shape index (κ2) is 9.01. The van der Waals surface area contributed by atoms with Crippen LogP contribution in [0.2, 0.25) is 0 Å². The standard InChI is InChI=1S/C21H33N5OS/c1-9-26(10-14(2)3)18-16-15(4)17(28-20(16)24-13-23-18)19(27)22-11-21(5,6)12-25(7)8/h13H,2,9-12H2,1,3-8H3,(H,22,27). The first-order chi connectivity index (χ1) is 13.1. The summed E-state index contributed by atoms with van der Waals surface area (Å²) in [7, 11) is 4.09. The van der Waals surface area contributed by atoms with E-state index in [0.717, 1.165) is 46.8 Å². The van der Waals surface area contributed by atoms with Crippen molar-refractivity contribution < 1.29 is 4.79 Å². The Hall–Kier alpha value is -1.99. The van der Waals surface area contributed by atoms with Crippen LogP contribution in [-0.4, -0.2) is 61.0 Å². The highest BCUT2D eigenvalue weighted by Crippen LogP contribution is 2.35. The lowest BCUT2D eigenvalue weighted by atomic mass is 9.93. The monoisotopic (exact) mass is 403 g/mol. The molecule has 7 heteroatoms. The summed E-state index contributed by atoms with van der Waals surface area (Å²) in [6.07, 6.45) is 1.58. The Morgan fingerprint density at radius 3 is 2.57 bits per heavy atom. The van der Waals surface area contributed by atoms with E-state index in [1.54, 1.807) is 6.33 Å². The number of hydrogen-bond acceptors (Lipinski definition) is 6. The SMILES string of the molecule is C=C(C)CN(CC)c1ncnc2sc(C(=O)NCC(C)(C)CN(C)C)c(C)c12. The molecule has 0 atom stereocenters. The molecule has 0 aromatic carbocycles. The van der Waals surface area contributed by atoms with E-state index >= 15 is 0 Å². The quantitative estimate of drug-likeness (QED) is 0.647. The molecule has 0 aliphatic carbocycles. The zero-order valence-corrected chi connectivity index (χ0v) is 19.0. The van der Waals surface area contributed by atoms with Gasteiger partial charge in [-0.3, -0.25) is 4.79 Å². The molecule has 2 aromatic rings. The van der Waals surface area contributed by atoms with E-state index in [9.17, 15) is 4.79 Å². The summed E-state index contributed by atoms with van der Waals surface area (Å²) in [4.78, 5) is 27.7. The van der Waals surface area contributed by atoms with Crippen molar-refractivity contribution in [2.75, 3.05) is 45.2 Å². The Kier molecular flexibility index (Phi) is 7.17. The lowest BCUT2D eigenvalue weighted by Gasteiger charge is -2.28. The van der Waals surface area contributed by atoms with Crippen molar-refractivity contribution in [3.05, 3.63) is 28.9 Å². The molecule has 2 heterocycles. The van der Waals surface area contributed by atoms with Gasteiger partial charge in [-0.15, -0.1) is 11.3 Å². The van der Waals surface area contributed by atoms with Gasteiger partial charge in [-0.05, 0) is 45.8 Å². The summed E-state index contributed by atoms with van der Waals surface area (Å²) in [6.45, 7) is 17.5. The van der Waals surface area contributed by atoms with E-state index in [0.29, 0.717) is 11.4 Å². The zero-order valence-electron chi connectivity index (χ0n) is 18.2. The fraction of sp³-hybridized carbons (Fsp3) is 0.571. The minimum absolute atomic E-state index is 0.00475. The smallest absolute Gasteiger partial charge is 0.261 e. The fourth-order valence-corrected chi connectivity index (χ4v) is 4.54. The van der Waals surface area contributed by atoms with Crippen molar-refractivity contribution in [1.29, 1.82) is 0 Å². The average Bonchev–Trinajstić information content (AvgIpc) is 2.93. The van der Waals surface area contributed by atoms with Gasteiger partial charge in [0.15, 0.2) is 0 Å². The third kappa shape index (κ3) is 5.29. The van der Waals surface area contributed by atoms with Crippen molar-refractivity contribution in [2.45, 2.75) is 34.6 Å². The number of amides is 1. The van der Waals surface area contributed by atoms with Crippen LogP contribution in [0.15, 0.2) is 18.5 Å². The Balaban J connectivity index is 2.32. The van der Waals surface area contributed by atoms with Gasteiger partial charge >= 0.3 is 0 Å². The van der Waals surface area contributed by atoms with Crippen LogP contribution in [0.25, 0.3) is 10.2 Å². The Morgan fingerprint density at radius 1 is 1.32 bits per heavy atom. The lowest BCUT2D eigenvalue weighted by Crippen LogP contribution is -2.39. The number of carbonyl (C=O) groups is 1. The summed E-state index contributed by atoms with van der Waals surface area (Å²) in [5.74, 6) is 0.831. The minimum Gasteiger partial charge on any atom is -0.352 e. The summed E-state index contributed by atoms with van der Waals surface area (Å²) in [5, 5.41) is 4.08. The second-order valence-corrected chi connectivity index (χ2v) is 9.49. The van der Waals surface area contributed by atoms with Gasteiger partial charge in [0.2, 0.25) is 0 Å². The number of thiophene rings is 1. The van der Waals surface area contributed by atoms with Gasteiger partial charge in [0.25, 0.3) is 5.91 Å². The molecular weight excluding hydrogens is 370 g/mol. The first kappa shape index (κ1) is 22.3. The molecule has 6 nitrogen and oxygen atoms in total. The maximum atomic E-state index is 12.9. The number of nitrogens with one attached hydrogen (secondary N) is 1. The fourth-order valence-electron chi connectivity index (χ4n) is 3.48. The van der Waals surface area contributed by atoms with Gasteiger partial charge in [0.05, 0.1) is 10.3 Å². The molecule has 0 spiro atoms. The van der Waals surface area contributed by atoms with Crippen molar-refractivity contribution >= 4 is 33.3 Å². The molecule has 154 valence electrons. The molecule has 0 radical (unpaired) electrons. The van der Waals surface area contributed by atoms with E-state index in [1.807, 2.05) is 27.9 Å². The molecule has 28 heavy (non-hydrogen) atoms. The van der Waals surface area contributed by atoms with Gasteiger partial charge in [0.1, 0.15) is 17.0 Å².